The molecule has 0 saturated heterocycles. The van der Waals surface area contributed by atoms with Crippen molar-refractivity contribution in [3.63, 3.8) is 0 Å². The molecule has 0 aromatic rings. The first-order valence-corrected chi connectivity index (χ1v) is 7.50. The average molecular weight is 286 g/mol. The summed E-state index contributed by atoms with van der Waals surface area (Å²) in [6.45, 7) is 8.80. The molecule has 1 rings (SSSR count). The minimum atomic E-state index is -0.466. The lowest BCUT2D eigenvalue weighted by Crippen LogP contribution is -2.45. The highest BCUT2D eigenvalue weighted by atomic mass is 16.6. The summed E-state index contributed by atoms with van der Waals surface area (Å²) in [5.74, 6) is 0. The summed E-state index contributed by atoms with van der Waals surface area (Å²) in [6.07, 6.45) is 2.76. The molecule has 0 aromatic heterocycles. The Balaban J connectivity index is 2.61. The second-order valence-electron chi connectivity index (χ2n) is 6.56. The van der Waals surface area contributed by atoms with Crippen molar-refractivity contribution in [3.05, 3.63) is 0 Å². The van der Waals surface area contributed by atoms with Crippen LogP contribution in [0, 0.1) is 0 Å². The van der Waals surface area contributed by atoms with Crippen molar-refractivity contribution in [2.75, 3.05) is 20.7 Å². The zero-order valence-corrected chi connectivity index (χ0v) is 13.7. The van der Waals surface area contributed by atoms with Gasteiger partial charge in [-0.2, -0.15) is 0 Å². The Labute approximate surface area is 123 Å². The van der Waals surface area contributed by atoms with Gasteiger partial charge in [-0.15, -0.1) is 0 Å². The van der Waals surface area contributed by atoms with Gasteiger partial charge in [0.25, 0.3) is 0 Å². The van der Waals surface area contributed by atoms with Gasteiger partial charge in [-0.25, -0.2) is 4.79 Å². The molecule has 0 heterocycles. The van der Waals surface area contributed by atoms with Crippen LogP contribution in [0.5, 0.6) is 0 Å². The number of nitrogens with zero attached hydrogens (tertiary/aromatic N) is 1. The highest BCUT2D eigenvalue weighted by Crippen LogP contribution is 2.27. The molecule has 1 fully saturated rings. The quantitative estimate of drug-likeness (QED) is 0.843. The van der Waals surface area contributed by atoms with E-state index in [4.69, 9.17) is 9.47 Å². The minimum Gasteiger partial charge on any atom is -0.444 e. The number of carbonyl (C=O) groups is 1. The smallest absolute Gasteiger partial charge is 0.410 e. The van der Waals surface area contributed by atoms with E-state index in [1.54, 1.807) is 19.1 Å². The molecule has 20 heavy (non-hydrogen) atoms. The Hall–Kier alpha value is -0.810. The highest BCUT2D eigenvalue weighted by molar-refractivity contribution is 5.68. The van der Waals surface area contributed by atoms with Crippen molar-refractivity contribution in [2.24, 2.45) is 0 Å². The number of methoxy groups -OCH3 is 1. The van der Waals surface area contributed by atoms with Crippen LogP contribution in [0.15, 0.2) is 0 Å². The zero-order valence-electron chi connectivity index (χ0n) is 13.7. The van der Waals surface area contributed by atoms with Gasteiger partial charge in [-0.3, -0.25) is 0 Å². The molecule has 0 spiro atoms. The Bertz CT molecular complexity index is 315. The SMILES string of the molecule is CCCN[C@H]1C[C@@H](OC)[C@@H](N(C)C(=O)OC(C)(C)C)C1. The van der Waals surface area contributed by atoms with Gasteiger partial charge in [0.15, 0.2) is 0 Å². The van der Waals surface area contributed by atoms with Gasteiger partial charge in [-0.1, -0.05) is 6.92 Å². The maximum Gasteiger partial charge on any atom is 0.410 e. The van der Waals surface area contributed by atoms with Crippen molar-refractivity contribution in [3.8, 4) is 0 Å². The van der Waals surface area contributed by atoms with E-state index in [2.05, 4.69) is 12.2 Å². The van der Waals surface area contributed by atoms with Crippen LogP contribution in [0.25, 0.3) is 0 Å². The molecule has 0 aromatic carbocycles. The van der Waals surface area contributed by atoms with Crippen LogP contribution in [-0.2, 0) is 9.47 Å². The standard InChI is InChI=1S/C15H30N2O3/c1-7-8-16-11-9-12(13(10-11)19-6)17(5)14(18)20-15(2,3)4/h11-13,16H,7-10H2,1-6H3/t11-,12+,13-/m1/s1. The predicted octanol–water partition coefficient (Wildman–Crippen LogP) is 2.40. The third-order valence-corrected chi connectivity index (χ3v) is 3.64. The van der Waals surface area contributed by atoms with E-state index in [1.165, 1.54) is 0 Å². The number of hydrogen-bond donors (Lipinski definition) is 1. The monoisotopic (exact) mass is 286 g/mol. The number of carbonyl (C=O) groups excluding carboxylic acids is 1. The van der Waals surface area contributed by atoms with Gasteiger partial charge >= 0.3 is 6.09 Å². The Kier molecular flexibility index (Phi) is 6.27. The molecule has 1 saturated carbocycles. The predicted molar refractivity (Wildman–Crippen MR) is 79.9 cm³/mol. The molecule has 3 atom stereocenters. The van der Waals surface area contributed by atoms with Gasteiger partial charge in [-0.05, 0) is 46.6 Å². The maximum atomic E-state index is 12.2. The maximum absolute atomic E-state index is 12.2. The second-order valence-corrected chi connectivity index (χ2v) is 6.56. The number of rotatable bonds is 5. The number of hydrogen-bond acceptors (Lipinski definition) is 4. The van der Waals surface area contributed by atoms with Crippen LogP contribution in [0.2, 0.25) is 0 Å². The first-order chi connectivity index (χ1) is 9.28. The molecule has 0 unspecified atom stereocenters. The topological polar surface area (TPSA) is 50.8 Å². The zero-order chi connectivity index (χ0) is 15.3. The summed E-state index contributed by atoms with van der Waals surface area (Å²) in [7, 11) is 3.51. The Morgan fingerprint density at radius 1 is 1.35 bits per heavy atom. The van der Waals surface area contributed by atoms with Crippen LogP contribution in [-0.4, -0.2) is 55.5 Å². The summed E-state index contributed by atoms with van der Waals surface area (Å²) in [4.78, 5) is 13.8. The van der Waals surface area contributed by atoms with Crippen molar-refractivity contribution in [2.45, 2.75) is 70.7 Å². The largest absolute Gasteiger partial charge is 0.444 e. The summed E-state index contributed by atoms with van der Waals surface area (Å²) >= 11 is 0. The molecular weight excluding hydrogens is 256 g/mol. The van der Waals surface area contributed by atoms with Crippen molar-refractivity contribution in [1.82, 2.24) is 10.2 Å². The summed E-state index contributed by atoms with van der Waals surface area (Å²) in [6, 6.07) is 0.485. The third-order valence-electron chi connectivity index (χ3n) is 3.64. The van der Waals surface area contributed by atoms with Crippen LogP contribution in [0.1, 0.15) is 47.0 Å². The van der Waals surface area contributed by atoms with Crippen LogP contribution in [0.4, 0.5) is 4.79 Å². The summed E-state index contributed by atoms with van der Waals surface area (Å²) < 4.78 is 11.0. The molecule has 1 aliphatic rings. The van der Waals surface area contributed by atoms with Crippen LogP contribution in [0.3, 0.4) is 0 Å². The fourth-order valence-electron chi connectivity index (χ4n) is 2.62. The lowest BCUT2D eigenvalue weighted by Gasteiger charge is -2.31. The van der Waals surface area contributed by atoms with Crippen molar-refractivity contribution < 1.29 is 14.3 Å². The van der Waals surface area contributed by atoms with E-state index in [9.17, 15) is 4.79 Å². The first-order valence-electron chi connectivity index (χ1n) is 7.50. The molecule has 5 heteroatoms. The van der Waals surface area contributed by atoms with Crippen LogP contribution < -0.4 is 5.32 Å². The molecule has 0 bridgehead atoms. The fraction of sp³-hybridized carbons (Fsp3) is 0.933. The lowest BCUT2D eigenvalue weighted by atomic mass is 10.2. The molecule has 0 radical (unpaired) electrons. The second kappa shape index (κ2) is 7.27. The van der Waals surface area contributed by atoms with Gasteiger partial charge in [0.05, 0.1) is 12.1 Å². The number of amides is 1. The van der Waals surface area contributed by atoms with Gasteiger partial charge in [0, 0.05) is 20.2 Å². The molecule has 1 aliphatic carbocycles. The normalized spacial score (nSPS) is 26.6. The van der Waals surface area contributed by atoms with Gasteiger partial charge in [0.2, 0.25) is 0 Å². The lowest BCUT2D eigenvalue weighted by molar-refractivity contribution is -0.000462. The summed E-state index contributed by atoms with van der Waals surface area (Å²) in [5.41, 5.74) is -0.466. The van der Waals surface area contributed by atoms with Crippen molar-refractivity contribution in [1.29, 1.82) is 0 Å². The number of likely N-dealkylation sites (N-methyl/N-ethyl adjacent to an activating group) is 1. The molecular formula is C15H30N2O3. The average Bonchev–Trinajstić information content (AvgIpc) is 2.76. The molecule has 5 nitrogen and oxygen atoms in total. The van der Waals surface area contributed by atoms with Crippen molar-refractivity contribution >= 4 is 6.09 Å². The molecule has 1 amide bonds. The van der Waals surface area contributed by atoms with E-state index >= 15 is 0 Å². The third kappa shape index (κ3) is 4.94. The van der Waals surface area contributed by atoms with Crippen LogP contribution >= 0.6 is 0 Å². The summed E-state index contributed by atoms with van der Waals surface area (Å²) in [5, 5.41) is 3.51. The first kappa shape index (κ1) is 17.2. The molecule has 118 valence electrons. The van der Waals surface area contributed by atoms with Gasteiger partial charge in [0.1, 0.15) is 5.60 Å². The minimum absolute atomic E-state index is 0.0712. The molecule has 1 N–H and O–H groups in total. The Morgan fingerprint density at radius 3 is 2.50 bits per heavy atom. The van der Waals surface area contributed by atoms with Gasteiger partial charge < -0.3 is 19.7 Å². The van der Waals surface area contributed by atoms with E-state index in [1.807, 2.05) is 20.8 Å². The van der Waals surface area contributed by atoms with E-state index < -0.39 is 5.60 Å². The number of nitrogens with one attached hydrogen (secondary N) is 1. The van der Waals surface area contributed by atoms with E-state index in [0.29, 0.717) is 6.04 Å². The number of ether oxygens (including phenoxy) is 2. The molecule has 0 aliphatic heterocycles. The fourth-order valence-corrected chi connectivity index (χ4v) is 2.62. The van der Waals surface area contributed by atoms with E-state index in [-0.39, 0.29) is 18.2 Å². The highest BCUT2D eigenvalue weighted by Gasteiger charge is 2.39. The Morgan fingerprint density at radius 2 is 2.00 bits per heavy atom. The van der Waals surface area contributed by atoms with E-state index in [0.717, 1.165) is 25.8 Å².